The predicted octanol–water partition coefficient (Wildman–Crippen LogP) is 0.929. The molecule has 0 saturated carbocycles. The Balaban J connectivity index is 1.75. The first kappa shape index (κ1) is 27.9. The van der Waals surface area contributed by atoms with Gasteiger partial charge in [0.15, 0.2) is 11.6 Å². The minimum Gasteiger partial charge on any atom is -0.490 e. The Labute approximate surface area is 198 Å². The largest absolute Gasteiger partial charge is 0.573 e. The first-order valence-corrected chi connectivity index (χ1v) is 10.6. The lowest BCUT2D eigenvalue weighted by atomic mass is 10.1. The summed E-state index contributed by atoms with van der Waals surface area (Å²) in [6.45, 7) is 0.706. The number of aliphatic hydroxyl groups is 1. The van der Waals surface area contributed by atoms with Crippen molar-refractivity contribution >= 4 is 5.91 Å². The van der Waals surface area contributed by atoms with Crippen LogP contribution in [0.3, 0.4) is 0 Å². The van der Waals surface area contributed by atoms with Gasteiger partial charge < -0.3 is 35.3 Å². The van der Waals surface area contributed by atoms with E-state index in [-0.39, 0.29) is 43.3 Å². The summed E-state index contributed by atoms with van der Waals surface area (Å²) in [5.74, 6) is -2.69. The number of amides is 1. The van der Waals surface area contributed by atoms with Crippen LogP contribution < -0.4 is 25.4 Å². The van der Waals surface area contributed by atoms with Crippen molar-refractivity contribution in [2.75, 3.05) is 39.8 Å². The number of nitrogens with zero attached hydrogens (tertiary/aromatic N) is 2. The van der Waals surface area contributed by atoms with Gasteiger partial charge in [-0.3, -0.25) is 15.0 Å². The summed E-state index contributed by atoms with van der Waals surface area (Å²) in [6, 6.07) is 2.19. The Bertz CT molecular complexity index is 893. The number of aliphatic hydroxyl groups excluding tert-OH is 1. The molecule has 11 nitrogen and oxygen atoms in total. The van der Waals surface area contributed by atoms with Crippen molar-refractivity contribution in [2.24, 2.45) is 0 Å². The van der Waals surface area contributed by atoms with Crippen molar-refractivity contribution in [3.05, 3.63) is 46.2 Å². The zero-order chi connectivity index (χ0) is 26.0. The fraction of sp³-hybridized carbons (Fsp3) is 0.550. The Kier molecular flexibility index (Phi) is 10.3. The van der Waals surface area contributed by atoms with Gasteiger partial charge in [-0.25, -0.2) is 4.39 Å². The van der Waals surface area contributed by atoms with Crippen molar-refractivity contribution in [2.45, 2.75) is 31.3 Å². The number of nitro groups is 1. The lowest BCUT2D eigenvalue weighted by Crippen LogP contribution is -2.49. The standard InChI is InChI=1S/C20H27F4N5O6/c1-25-18(29(32)33)10-26-9-13(12-30)27-19(31)11-28-6-4-14(5-7-28)34-15-2-3-17(16(21)8-15)35-20(22,23)24/h2-3,8,10,13-14,25-26,30H,4-7,9,11-12H2,1H3,(H,27,31)/b18-10+/t13-/m0/s1. The summed E-state index contributed by atoms with van der Waals surface area (Å²) in [7, 11) is 1.39. The molecule has 0 aromatic heterocycles. The Morgan fingerprint density at radius 3 is 2.60 bits per heavy atom. The minimum absolute atomic E-state index is 0.0494. The lowest BCUT2D eigenvalue weighted by molar-refractivity contribution is -0.431. The van der Waals surface area contributed by atoms with Crippen molar-refractivity contribution < 1.29 is 41.9 Å². The molecule has 1 aliphatic rings. The number of ether oxygens (including phenoxy) is 2. The van der Waals surface area contributed by atoms with Crippen LogP contribution in [0, 0.1) is 15.9 Å². The van der Waals surface area contributed by atoms with Crippen LogP contribution >= 0.6 is 0 Å². The van der Waals surface area contributed by atoms with Crippen LogP contribution in [0.25, 0.3) is 0 Å². The van der Waals surface area contributed by atoms with E-state index in [1.165, 1.54) is 13.1 Å². The molecule has 0 spiro atoms. The number of hydrogen-bond donors (Lipinski definition) is 4. The van der Waals surface area contributed by atoms with E-state index in [0.717, 1.165) is 18.3 Å². The maximum Gasteiger partial charge on any atom is 0.573 e. The topological polar surface area (TPSA) is 138 Å². The maximum atomic E-state index is 13.8. The van der Waals surface area contributed by atoms with E-state index in [4.69, 9.17) is 4.74 Å². The molecule has 1 fully saturated rings. The molecule has 15 heteroatoms. The van der Waals surface area contributed by atoms with Gasteiger partial charge in [0, 0.05) is 25.7 Å². The monoisotopic (exact) mass is 509 g/mol. The van der Waals surface area contributed by atoms with E-state index in [1.807, 2.05) is 4.90 Å². The molecule has 2 rings (SSSR count). The molecule has 1 amide bonds. The van der Waals surface area contributed by atoms with E-state index >= 15 is 0 Å². The molecule has 1 aromatic carbocycles. The van der Waals surface area contributed by atoms with E-state index in [0.29, 0.717) is 25.9 Å². The Hall–Kier alpha value is -3.33. The molecule has 1 atom stereocenters. The van der Waals surface area contributed by atoms with Crippen LogP contribution in [0.15, 0.2) is 30.2 Å². The number of nitrogens with one attached hydrogen (secondary N) is 3. The second kappa shape index (κ2) is 12.9. The smallest absolute Gasteiger partial charge is 0.490 e. The molecule has 1 saturated heterocycles. The third kappa shape index (κ3) is 9.82. The lowest BCUT2D eigenvalue weighted by Gasteiger charge is -2.32. The summed E-state index contributed by atoms with van der Waals surface area (Å²) in [5, 5.41) is 27.8. The third-order valence-electron chi connectivity index (χ3n) is 4.97. The van der Waals surface area contributed by atoms with Gasteiger partial charge in [-0.2, -0.15) is 0 Å². The molecule has 1 aliphatic heterocycles. The van der Waals surface area contributed by atoms with Crippen molar-refractivity contribution in [1.29, 1.82) is 0 Å². The van der Waals surface area contributed by atoms with Crippen LogP contribution in [-0.4, -0.2) is 79.2 Å². The summed E-state index contributed by atoms with van der Waals surface area (Å²) >= 11 is 0. The molecule has 1 heterocycles. The number of likely N-dealkylation sites (tertiary alicyclic amines) is 1. The van der Waals surface area contributed by atoms with Crippen molar-refractivity contribution in [3.8, 4) is 11.5 Å². The fourth-order valence-electron chi connectivity index (χ4n) is 3.29. The zero-order valence-electron chi connectivity index (χ0n) is 18.8. The molecule has 196 valence electrons. The molecule has 1 aromatic rings. The van der Waals surface area contributed by atoms with Gasteiger partial charge in [0.1, 0.15) is 11.9 Å². The number of carbonyl (C=O) groups is 1. The van der Waals surface area contributed by atoms with Gasteiger partial charge >= 0.3 is 12.2 Å². The fourth-order valence-corrected chi connectivity index (χ4v) is 3.29. The highest BCUT2D eigenvalue weighted by Crippen LogP contribution is 2.29. The van der Waals surface area contributed by atoms with Crippen LogP contribution in [0.4, 0.5) is 17.6 Å². The number of carbonyl (C=O) groups excluding carboxylic acids is 1. The van der Waals surface area contributed by atoms with E-state index < -0.39 is 28.9 Å². The number of benzene rings is 1. The molecule has 35 heavy (non-hydrogen) atoms. The second-order valence-electron chi connectivity index (χ2n) is 7.63. The maximum absolute atomic E-state index is 13.8. The minimum atomic E-state index is -5.00. The number of hydrogen-bond acceptors (Lipinski definition) is 9. The quantitative estimate of drug-likeness (QED) is 0.184. The highest BCUT2D eigenvalue weighted by molar-refractivity contribution is 5.78. The molecule has 0 unspecified atom stereocenters. The number of rotatable bonds is 12. The van der Waals surface area contributed by atoms with Gasteiger partial charge in [-0.05, 0) is 29.9 Å². The van der Waals surface area contributed by atoms with Gasteiger partial charge in [0.05, 0.1) is 32.4 Å². The average Bonchev–Trinajstić information content (AvgIpc) is 2.78. The van der Waals surface area contributed by atoms with Gasteiger partial charge in [0.2, 0.25) is 5.91 Å². The summed E-state index contributed by atoms with van der Waals surface area (Å²) in [6.07, 6.45) is -3.19. The average molecular weight is 509 g/mol. The molecular formula is C20H27F4N5O6. The Morgan fingerprint density at radius 1 is 1.37 bits per heavy atom. The van der Waals surface area contributed by atoms with Crippen LogP contribution in [0.2, 0.25) is 0 Å². The van der Waals surface area contributed by atoms with E-state index in [9.17, 15) is 37.6 Å². The van der Waals surface area contributed by atoms with Crippen molar-refractivity contribution in [1.82, 2.24) is 20.9 Å². The molecule has 0 bridgehead atoms. The van der Waals surface area contributed by atoms with E-state index in [2.05, 4.69) is 20.7 Å². The van der Waals surface area contributed by atoms with Crippen LogP contribution in [0.1, 0.15) is 12.8 Å². The van der Waals surface area contributed by atoms with Gasteiger partial charge in [0.25, 0.3) is 0 Å². The number of halogens is 4. The summed E-state index contributed by atoms with van der Waals surface area (Å²) in [4.78, 5) is 24.2. The summed E-state index contributed by atoms with van der Waals surface area (Å²) in [5.41, 5.74) is 0. The SMILES string of the molecule is CN/C(=C\NC[C@@H](CO)NC(=O)CN1CCC(Oc2ccc(OC(F)(F)F)c(F)c2)CC1)[N+](=O)[O-]. The molecule has 0 aliphatic carbocycles. The van der Waals surface area contributed by atoms with Crippen LogP contribution in [0.5, 0.6) is 11.5 Å². The first-order chi connectivity index (χ1) is 16.5. The number of piperidine rings is 1. The van der Waals surface area contributed by atoms with Crippen molar-refractivity contribution in [3.63, 3.8) is 0 Å². The van der Waals surface area contributed by atoms with Gasteiger partial charge in [-0.15, -0.1) is 13.2 Å². The van der Waals surface area contributed by atoms with Crippen LogP contribution in [-0.2, 0) is 4.79 Å². The first-order valence-electron chi connectivity index (χ1n) is 10.6. The third-order valence-corrected chi connectivity index (χ3v) is 4.97. The normalized spacial score (nSPS) is 16.3. The van der Waals surface area contributed by atoms with Gasteiger partial charge in [-0.1, -0.05) is 0 Å². The molecular weight excluding hydrogens is 482 g/mol. The highest BCUT2D eigenvalue weighted by Gasteiger charge is 2.32. The predicted molar refractivity (Wildman–Crippen MR) is 114 cm³/mol. The highest BCUT2D eigenvalue weighted by atomic mass is 19.4. The molecule has 4 N–H and O–H groups in total. The second-order valence-corrected chi connectivity index (χ2v) is 7.63. The van der Waals surface area contributed by atoms with E-state index in [1.54, 1.807) is 0 Å². The zero-order valence-corrected chi connectivity index (χ0v) is 18.8. The summed E-state index contributed by atoms with van der Waals surface area (Å²) < 4.78 is 59.8. The molecule has 0 radical (unpaired) electrons. The number of alkyl halides is 3. The Morgan fingerprint density at radius 2 is 2.06 bits per heavy atom.